The molecule has 0 aromatic carbocycles. The van der Waals surface area contributed by atoms with E-state index in [-0.39, 0.29) is 0 Å². The number of carbonyl (C=O) groups is 2. The quantitative estimate of drug-likeness (QED) is 0.171. The molecule has 0 unspecified atom stereocenters. The van der Waals surface area contributed by atoms with Crippen LogP contribution in [0.25, 0.3) is 0 Å². The molecule has 0 aliphatic rings. The van der Waals surface area contributed by atoms with E-state index in [1.807, 2.05) is 6.08 Å². The van der Waals surface area contributed by atoms with Crippen molar-refractivity contribution in [3.63, 3.8) is 0 Å². The van der Waals surface area contributed by atoms with Crippen molar-refractivity contribution in [1.82, 2.24) is 0 Å². The highest BCUT2D eigenvalue weighted by molar-refractivity contribution is 5.74. The Morgan fingerprint density at radius 2 is 1.13 bits per heavy atom. The van der Waals surface area contributed by atoms with E-state index in [9.17, 15) is 9.59 Å². The van der Waals surface area contributed by atoms with Gasteiger partial charge in [-0.15, -0.1) is 6.58 Å². The van der Waals surface area contributed by atoms with Crippen LogP contribution in [0.15, 0.2) is 12.7 Å². The average Bonchev–Trinajstić information content (AvgIpc) is 2.48. The standard InChI is InChI=1S/C16H32.C2H2O5/c1-3-5-7-9-11-13-15-16-14-12-10-8-6-4-2;3-1(4)7-2(5)6/h3H,1,4-16H2,2H3;(H,3,4)(H,5,6). The average molecular weight is 330 g/mol. The molecule has 23 heavy (non-hydrogen) atoms. The summed E-state index contributed by atoms with van der Waals surface area (Å²) in [4.78, 5) is 18.4. The van der Waals surface area contributed by atoms with Crippen LogP contribution < -0.4 is 0 Å². The van der Waals surface area contributed by atoms with Crippen LogP contribution in [-0.2, 0) is 4.74 Å². The molecule has 0 fully saturated rings. The second-order valence-corrected chi connectivity index (χ2v) is 5.60. The van der Waals surface area contributed by atoms with E-state index in [1.165, 1.54) is 83.5 Å². The van der Waals surface area contributed by atoms with Crippen molar-refractivity contribution in [2.75, 3.05) is 0 Å². The Hall–Kier alpha value is -1.52. The zero-order valence-electron chi connectivity index (χ0n) is 14.6. The lowest BCUT2D eigenvalue weighted by Crippen LogP contribution is -2.05. The molecule has 5 heteroatoms. The Kier molecular flexibility index (Phi) is 21.1. The summed E-state index contributed by atoms with van der Waals surface area (Å²) in [7, 11) is 0. The number of allylic oxidation sites excluding steroid dienone is 1. The summed E-state index contributed by atoms with van der Waals surface area (Å²) in [6, 6.07) is 0. The van der Waals surface area contributed by atoms with Gasteiger partial charge in [-0.25, -0.2) is 9.59 Å². The van der Waals surface area contributed by atoms with Gasteiger partial charge in [0.05, 0.1) is 0 Å². The van der Waals surface area contributed by atoms with Crippen LogP contribution in [0.5, 0.6) is 0 Å². The molecular weight excluding hydrogens is 296 g/mol. The van der Waals surface area contributed by atoms with Gasteiger partial charge in [-0.1, -0.05) is 83.6 Å². The monoisotopic (exact) mass is 330 g/mol. The normalized spacial score (nSPS) is 9.61. The van der Waals surface area contributed by atoms with Crippen molar-refractivity contribution in [3.8, 4) is 0 Å². The summed E-state index contributed by atoms with van der Waals surface area (Å²) in [5.74, 6) is 0. The van der Waals surface area contributed by atoms with Gasteiger partial charge >= 0.3 is 12.3 Å². The van der Waals surface area contributed by atoms with Crippen LogP contribution in [0.3, 0.4) is 0 Å². The van der Waals surface area contributed by atoms with Crippen molar-refractivity contribution >= 4 is 12.3 Å². The summed E-state index contributed by atoms with van der Waals surface area (Å²) < 4.78 is 3.08. The van der Waals surface area contributed by atoms with Crippen LogP contribution in [0.4, 0.5) is 9.59 Å². The van der Waals surface area contributed by atoms with E-state index in [0.29, 0.717) is 0 Å². The minimum Gasteiger partial charge on any atom is -0.449 e. The number of rotatable bonds is 13. The molecule has 0 saturated carbocycles. The summed E-state index contributed by atoms with van der Waals surface area (Å²) in [6.07, 6.45) is 16.8. The van der Waals surface area contributed by atoms with Gasteiger partial charge in [-0.3, -0.25) is 0 Å². The predicted octanol–water partition coefficient (Wildman–Crippen LogP) is 6.62. The largest absolute Gasteiger partial charge is 0.516 e. The van der Waals surface area contributed by atoms with Crippen LogP contribution in [0.2, 0.25) is 0 Å². The molecule has 0 aliphatic carbocycles. The molecule has 0 saturated heterocycles. The first-order valence-corrected chi connectivity index (χ1v) is 8.79. The lowest BCUT2D eigenvalue weighted by molar-refractivity contribution is 0.0802. The van der Waals surface area contributed by atoms with Crippen LogP contribution >= 0.6 is 0 Å². The van der Waals surface area contributed by atoms with Crippen molar-refractivity contribution in [3.05, 3.63) is 12.7 Å². The third-order valence-electron chi connectivity index (χ3n) is 3.44. The van der Waals surface area contributed by atoms with E-state index in [0.717, 1.165) is 0 Å². The number of ether oxygens (including phenoxy) is 1. The predicted molar refractivity (Wildman–Crippen MR) is 93.0 cm³/mol. The third kappa shape index (κ3) is 29.2. The Labute approximate surface area is 140 Å². The van der Waals surface area contributed by atoms with E-state index in [4.69, 9.17) is 10.2 Å². The first-order chi connectivity index (χ1) is 11.0. The highest BCUT2D eigenvalue weighted by Crippen LogP contribution is 2.12. The van der Waals surface area contributed by atoms with Crippen LogP contribution in [0, 0.1) is 0 Å². The number of hydrogen-bond acceptors (Lipinski definition) is 3. The molecular formula is C18H34O5. The van der Waals surface area contributed by atoms with Gasteiger partial charge in [0.25, 0.3) is 0 Å². The van der Waals surface area contributed by atoms with Gasteiger partial charge in [-0.05, 0) is 12.8 Å². The summed E-state index contributed by atoms with van der Waals surface area (Å²) in [6.45, 7) is 6.03. The molecule has 5 nitrogen and oxygen atoms in total. The first-order valence-electron chi connectivity index (χ1n) is 8.79. The highest BCUT2D eigenvalue weighted by Gasteiger charge is 2.01. The second-order valence-electron chi connectivity index (χ2n) is 5.60. The summed E-state index contributed by atoms with van der Waals surface area (Å²) in [5, 5.41) is 15.0. The van der Waals surface area contributed by atoms with Crippen molar-refractivity contribution in [2.24, 2.45) is 0 Å². The van der Waals surface area contributed by atoms with Crippen molar-refractivity contribution < 1.29 is 24.5 Å². The molecule has 0 atom stereocenters. The SMILES string of the molecule is C=CCCCCCCCCCCCCCC.O=C(O)OC(=O)O. The molecule has 0 spiro atoms. The fraction of sp³-hybridized carbons (Fsp3) is 0.778. The molecule has 0 radical (unpaired) electrons. The molecule has 0 bridgehead atoms. The Bertz CT molecular complexity index is 277. The third-order valence-corrected chi connectivity index (χ3v) is 3.44. The number of hydrogen-bond donors (Lipinski definition) is 2. The van der Waals surface area contributed by atoms with E-state index < -0.39 is 12.3 Å². The summed E-state index contributed by atoms with van der Waals surface area (Å²) >= 11 is 0. The van der Waals surface area contributed by atoms with E-state index in [1.54, 1.807) is 0 Å². The zero-order valence-corrected chi connectivity index (χ0v) is 14.6. The van der Waals surface area contributed by atoms with Crippen molar-refractivity contribution in [1.29, 1.82) is 0 Å². The fourth-order valence-corrected chi connectivity index (χ4v) is 2.20. The summed E-state index contributed by atoms with van der Waals surface area (Å²) in [5.41, 5.74) is 0. The topological polar surface area (TPSA) is 83.8 Å². The number of unbranched alkanes of at least 4 members (excludes halogenated alkanes) is 12. The molecule has 136 valence electrons. The highest BCUT2D eigenvalue weighted by atomic mass is 16.7. The Morgan fingerprint density at radius 1 is 0.783 bits per heavy atom. The molecule has 0 aliphatic heterocycles. The molecule has 0 aromatic heterocycles. The van der Waals surface area contributed by atoms with Gasteiger partial charge in [-0.2, -0.15) is 0 Å². The van der Waals surface area contributed by atoms with Crippen molar-refractivity contribution in [2.45, 2.75) is 90.4 Å². The van der Waals surface area contributed by atoms with Gasteiger partial charge < -0.3 is 14.9 Å². The Balaban J connectivity index is 0. The lowest BCUT2D eigenvalue weighted by atomic mass is 10.0. The fourth-order valence-electron chi connectivity index (χ4n) is 2.20. The maximum Gasteiger partial charge on any atom is 0.516 e. The van der Waals surface area contributed by atoms with Gasteiger partial charge in [0, 0.05) is 0 Å². The van der Waals surface area contributed by atoms with Gasteiger partial charge in [0.2, 0.25) is 0 Å². The molecule has 2 N–H and O–H groups in total. The minimum absolute atomic E-state index is 1.21. The minimum atomic E-state index is -1.81. The lowest BCUT2D eigenvalue weighted by Gasteiger charge is -2.02. The molecule has 0 amide bonds. The number of carboxylic acid groups (broad SMARTS) is 2. The van der Waals surface area contributed by atoms with E-state index >= 15 is 0 Å². The zero-order chi connectivity index (χ0) is 17.8. The molecule has 0 heterocycles. The Morgan fingerprint density at radius 3 is 1.39 bits per heavy atom. The van der Waals surface area contributed by atoms with Gasteiger partial charge in [0.15, 0.2) is 0 Å². The van der Waals surface area contributed by atoms with Crippen LogP contribution in [-0.4, -0.2) is 22.5 Å². The second kappa shape index (κ2) is 20.5. The van der Waals surface area contributed by atoms with Gasteiger partial charge in [0.1, 0.15) is 0 Å². The maximum absolute atomic E-state index is 9.21. The van der Waals surface area contributed by atoms with E-state index in [2.05, 4.69) is 18.2 Å². The maximum atomic E-state index is 9.21. The molecule has 0 aromatic rings. The molecule has 0 rings (SSSR count). The van der Waals surface area contributed by atoms with Crippen LogP contribution in [0.1, 0.15) is 90.4 Å². The first kappa shape index (κ1) is 23.7. The smallest absolute Gasteiger partial charge is 0.449 e.